The monoisotopic (exact) mass is 404 g/mol. The van der Waals surface area contributed by atoms with Gasteiger partial charge in [-0.3, -0.25) is 4.90 Å². The van der Waals surface area contributed by atoms with Crippen LogP contribution in [-0.2, 0) is 26.1 Å². The number of hydrogen-bond donors (Lipinski definition) is 0. The zero-order chi connectivity index (χ0) is 19.6. The molecule has 4 heterocycles. The van der Waals surface area contributed by atoms with E-state index >= 15 is 0 Å². The summed E-state index contributed by atoms with van der Waals surface area (Å²) in [6.07, 6.45) is 5.02. The minimum absolute atomic E-state index is 0.196. The topological polar surface area (TPSA) is 34.0 Å². The average molecular weight is 405 g/mol. The van der Waals surface area contributed by atoms with E-state index in [1.807, 2.05) is 24.4 Å². The van der Waals surface area contributed by atoms with Gasteiger partial charge in [0.2, 0.25) is 0 Å². The minimum Gasteiger partial charge on any atom is -0.346 e. The van der Waals surface area contributed by atoms with Gasteiger partial charge in [0.25, 0.3) is 0 Å². The Balaban J connectivity index is 1.28. The van der Waals surface area contributed by atoms with Gasteiger partial charge in [-0.15, -0.1) is 11.3 Å². The van der Waals surface area contributed by atoms with Crippen molar-refractivity contribution >= 4 is 11.3 Å². The van der Waals surface area contributed by atoms with Crippen molar-refractivity contribution in [2.24, 2.45) is 0 Å². The quantitative estimate of drug-likeness (QED) is 0.481. The molecule has 0 saturated heterocycles. The molecule has 0 atom stereocenters. The summed E-state index contributed by atoms with van der Waals surface area (Å²) in [5, 5.41) is 2.06. The second-order valence-corrected chi connectivity index (χ2v) is 8.31. The van der Waals surface area contributed by atoms with Gasteiger partial charge >= 0.3 is 0 Å². The molecule has 0 spiro atoms. The van der Waals surface area contributed by atoms with Crippen molar-refractivity contribution in [3.8, 4) is 10.7 Å². The molecule has 1 aliphatic rings. The van der Waals surface area contributed by atoms with E-state index in [9.17, 15) is 4.39 Å². The number of hydrogen-bond acceptors (Lipinski definition) is 4. The molecule has 6 heteroatoms. The van der Waals surface area contributed by atoms with E-state index in [-0.39, 0.29) is 5.82 Å². The Morgan fingerprint density at radius 3 is 2.76 bits per heavy atom. The highest BCUT2D eigenvalue weighted by atomic mass is 32.1. The maximum absolute atomic E-state index is 13.2. The lowest BCUT2D eigenvalue weighted by atomic mass is 10.1. The first-order chi connectivity index (χ1) is 14.2. The van der Waals surface area contributed by atoms with E-state index in [0.717, 1.165) is 48.9 Å². The molecule has 3 aromatic heterocycles. The van der Waals surface area contributed by atoms with Gasteiger partial charge in [-0.2, -0.15) is 0 Å². The van der Waals surface area contributed by atoms with Crippen molar-refractivity contribution in [2.75, 3.05) is 6.54 Å². The Kier molecular flexibility index (Phi) is 4.96. The summed E-state index contributed by atoms with van der Waals surface area (Å²) in [7, 11) is 0. The van der Waals surface area contributed by atoms with Gasteiger partial charge in [0.05, 0.1) is 10.6 Å². The van der Waals surface area contributed by atoms with Crippen molar-refractivity contribution in [3.63, 3.8) is 0 Å². The molecule has 146 valence electrons. The molecule has 5 rings (SSSR count). The lowest BCUT2D eigenvalue weighted by Crippen LogP contribution is -2.31. The fourth-order valence-corrected chi connectivity index (χ4v) is 4.46. The zero-order valence-corrected chi connectivity index (χ0v) is 16.8. The Hall–Kier alpha value is -2.83. The molecular formula is C23H21FN4S. The van der Waals surface area contributed by atoms with Crippen LogP contribution in [0.5, 0.6) is 0 Å². The molecule has 0 N–H and O–H groups in total. The zero-order valence-electron chi connectivity index (χ0n) is 16.0. The number of thiophene rings is 1. The Morgan fingerprint density at radius 2 is 1.93 bits per heavy atom. The average Bonchev–Trinajstić information content (AvgIpc) is 3.42. The van der Waals surface area contributed by atoms with Gasteiger partial charge in [-0.1, -0.05) is 18.2 Å². The first-order valence-corrected chi connectivity index (χ1v) is 10.6. The molecule has 0 bridgehead atoms. The Morgan fingerprint density at radius 1 is 1.03 bits per heavy atom. The van der Waals surface area contributed by atoms with Crippen LogP contribution in [0, 0.1) is 5.82 Å². The fraction of sp³-hybridized carbons (Fsp3) is 0.217. The van der Waals surface area contributed by atoms with Crippen molar-refractivity contribution in [1.82, 2.24) is 19.4 Å². The van der Waals surface area contributed by atoms with Gasteiger partial charge < -0.3 is 4.57 Å². The van der Waals surface area contributed by atoms with Crippen molar-refractivity contribution in [1.29, 1.82) is 0 Å². The summed E-state index contributed by atoms with van der Waals surface area (Å²) >= 11 is 1.67. The maximum atomic E-state index is 13.2. The van der Waals surface area contributed by atoms with E-state index in [1.165, 1.54) is 29.1 Å². The Labute approximate surface area is 173 Å². The molecule has 0 fully saturated rings. The third-order valence-electron chi connectivity index (χ3n) is 5.33. The molecule has 4 nitrogen and oxygen atoms in total. The highest BCUT2D eigenvalue weighted by Gasteiger charge is 2.20. The number of aromatic nitrogens is 3. The lowest BCUT2D eigenvalue weighted by Gasteiger charge is -2.28. The minimum atomic E-state index is -0.196. The van der Waals surface area contributed by atoms with Crippen LogP contribution in [0.3, 0.4) is 0 Å². The van der Waals surface area contributed by atoms with E-state index in [0.29, 0.717) is 0 Å². The van der Waals surface area contributed by atoms with Gasteiger partial charge in [0.15, 0.2) is 5.82 Å². The van der Waals surface area contributed by atoms with Crippen molar-refractivity contribution < 1.29 is 4.39 Å². The summed E-state index contributed by atoms with van der Waals surface area (Å²) < 4.78 is 15.4. The molecule has 1 aromatic carbocycles. The number of fused-ring (bicyclic) bond motifs is 1. The molecular weight excluding hydrogens is 383 g/mol. The van der Waals surface area contributed by atoms with Crippen molar-refractivity contribution in [3.05, 3.63) is 94.6 Å². The molecule has 0 amide bonds. The highest BCUT2D eigenvalue weighted by molar-refractivity contribution is 7.13. The molecule has 0 saturated carbocycles. The van der Waals surface area contributed by atoms with Crippen LogP contribution in [0.4, 0.5) is 4.39 Å². The van der Waals surface area contributed by atoms with Crippen LogP contribution in [0.25, 0.3) is 10.7 Å². The number of halogens is 1. The normalized spacial score (nSPS) is 14.1. The third kappa shape index (κ3) is 3.99. The summed E-state index contributed by atoms with van der Waals surface area (Å²) in [6.45, 7) is 3.47. The first-order valence-electron chi connectivity index (χ1n) is 9.74. The number of nitrogens with zero attached hydrogens (tertiary/aromatic N) is 4. The fourth-order valence-electron chi connectivity index (χ4n) is 3.80. The number of benzene rings is 1. The second-order valence-electron chi connectivity index (χ2n) is 7.36. The third-order valence-corrected chi connectivity index (χ3v) is 6.20. The summed E-state index contributed by atoms with van der Waals surface area (Å²) in [6, 6.07) is 15.1. The molecule has 29 heavy (non-hydrogen) atoms. The summed E-state index contributed by atoms with van der Waals surface area (Å²) in [4.78, 5) is 12.9. The molecule has 4 aromatic rings. The Bertz CT molecular complexity index is 1100. The van der Waals surface area contributed by atoms with Gasteiger partial charge in [0.1, 0.15) is 5.82 Å². The smallest absolute Gasteiger partial charge is 0.169 e. The van der Waals surface area contributed by atoms with Crippen LogP contribution in [0.2, 0.25) is 0 Å². The predicted molar refractivity (Wildman–Crippen MR) is 113 cm³/mol. The molecule has 1 aliphatic heterocycles. The van der Waals surface area contributed by atoms with Gasteiger partial charge in [-0.25, -0.2) is 14.4 Å². The molecule has 0 radical (unpaired) electrons. The standard InChI is InChI=1S/C23H21FN4S/c24-19-7-5-17(6-8-19)14-28-10-1-3-20(28)16-27-11-9-21-18(15-27)13-25-23(26-21)22-4-2-12-29-22/h1-8,10,12-13H,9,11,14-16H2. The van der Waals surface area contributed by atoms with E-state index in [1.54, 1.807) is 11.3 Å². The highest BCUT2D eigenvalue weighted by Crippen LogP contribution is 2.25. The summed E-state index contributed by atoms with van der Waals surface area (Å²) in [5.41, 5.74) is 4.74. The molecule has 0 unspecified atom stereocenters. The second kappa shape index (κ2) is 7.89. The van der Waals surface area contributed by atoms with E-state index < -0.39 is 0 Å². The molecule has 0 aliphatic carbocycles. The summed E-state index contributed by atoms with van der Waals surface area (Å²) in [5.74, 6) is 0.637. The van der Waals surface area contributed by atoms with Gasteiger partial charge in [-0.05, 0) is 41.3 Å². The predicted octanol–water partition coefficient (Wildman–Crippen LogP) is 4.75. The van der Waals surface area contributed by atoms with Crippen LogP contribution in [0.1, 0.15) is 22.5 Å². The van der Waals surface area contributed by atoms with Gasteiger partial charge in [0, 0.05) is 56.3 Å². The number of rotatable bonds is 5. The van der Waals surface area contributed by atoms with E-state index in [2.05, 4.69) is 44.2 Å². The lowest BCUT2D eigenvalue weighted by molar-refractivity contribution is 0.237. The van der Waals surface area contributed by atoms with Crippen molar-refractivity contribution in [2.45, 2.75) is 26.1 Å². The van der Waals surface area contributed by atoms with E-state index in [4.69, 9.17) is 4.98 Å². The van der Waals surface area contributed by atoms with Crippen LogP contribution >= 0.6 is 11.3 Å². The SMILES string of the molecule is Fc1ccc(Cn2cccc2CN2CCc3nc(-c4cccs4)ncc3C2)cc1. The largest absolute Gasteiger partial charge is 0.346 e. The van der Waals surface area contributed by atoms with Crippen LogP contribution in [0.15, 0.2) is 66.3 Å². The van der Waals surface area contributed by atoms with Crippen LogP contribution in [-0.4, -0.2) is 26.0 Å². The first kappa shape index (κ1) is 18.2. The maximum Gasteiger partial charge on any atom is 0.169 e. The van der Waals surface area contributed by atoms with Crippen LogP contribution < -0.4 is 0 Å².